The molecule has 0 aromatic heterocycles. The van der Waals surface area contributed by atoms with Crippen molar-refractivity contribution in [2.24, 2.45) is 0 Å². The van der Waals surface area contributed by atoms with Crippen molar-refractivity contribution in [3.63, 3.8) is 0 Å². The molecule has 0 saturated carbocycles. The summed E-state index contributed by atoms with van der Waals surface area (Å²) in [7, 11) is -2.86. The maximum Gasteiger partial charge on any atom is 0.152 e. The fraction of sp³-hybridized carbons (Fsp3) is 0.455. The Bertz CT molecular complexity index is 518. The van der Waals surface area contributed by atoms with E-state index in [1.54, 1.807) is 0 Å². The summed E-state index contributed by atoms with van der Waals surface area (Å²) in [5, 5.41) is 3.98. The molecule has 2 rings (SSSR count). The third-order valence-electron chi connectivity index (χ3n) is 2.75. The molecular formula is C11H13ClINO2S. The maximum absolute atomic E-state index is 11.5. The topological polar surface area (TPSA) is 46.2 Å². The summed E-state index contributed by atoms with van der Waals surface area (Å²) >= 11 is 8.07. The van der Waals surface area contributed by atoms with Crippen molar-refractivity contribution in [1.82, 2.24) is 0 Å². The number of benzene rings is 1. The second kappa shape index (κ2) is 5.32. The van der Waals surface area contributed by atoms with Crippen molar-refractivity contribution < 1.29 is 8.42 Å². The number of hydrogen-bond donors (Lipinski definition) is 1. The Hall–Kier alpha value is -0.0100. The number of rotatable bonds is 2. The van der Waals surface area contributed by atoms with Crippen LogP contribution in [-0.2, 0) is 9.84 Å². The van der Waals surface area contributed by atoms with Gasteiger partial charge in [0.1, 0.15) is 0 Å². The van der Waals surface area contributed by atoms with Crippen LogP contribution in [0.15, 0.2) is 18.2 Å². The molecule has 1 saturated heterocycles. The molecule has 0 bridgehead atoms. The van der Waals surface area contributed by atoms with Crippen molar-refractivity contribution in [1.29, 1.82) is 0 Å². The predicted molar refractivity (Wildman–Crippen MR) is 79.5 cm³/mol. The van der Waals surface area contributed by atoms with Crippen molar-refractivity contribution >= 4 is 49.7 Å². The molecule has 1 aliphatic heterocycles. The van der Waals surface area contributed by atoms with E-state index in [2.05, 4.69) is 27.9 Å². The van der Waals surface area contributed by atoms with Gasteiger partial charge in [-0.05, 0) is 53.6 Å². The SMILES string of the molecule is O=S1(=O)CCCC(Nc2ccc(Cl)cc2I)C1. The Balaban J connectivity index is 2.10. The highest BCUT2D eigenvalue weighted by molar-refractivity contribution is 14.1. The van der Waals surface area contributed by atoms with Gasteiger partial charge in [-0.15, -0.1) is 0 Å². The smallest absolute Gasteiger partial charge is 0.152 e. The molecule has 1 aromatic carbocycles. The average Bonchev–Trinajstić information content (AvgIpc) is 2.21. The van der Waals surface area contributed by atoms with Crippen LogP contribution in [0.2, 0.25) is 5.02 Å². The van der Waals surface area contributed by atoms with Gasteiger partial charge in [0.15, 0.2) is 9.84 Å². The van der Waals surface area contributed by atoms with Crippen molar-refractivity contribution in [3.05, 3.63) is 26.8 Å². The van der Waals surface area contributed by atoms with E-state index in [0.717, 1.165) is 22.1 Å². The van der Waals surface area contributed by atoms with Crippen LogP contribution in [0.1, 0.15) is 12.8 Å². The fourth-order valence-electron chi connectivity index (χ4n) is 1.96. The summed E-state index contributed by atoms with van der Waals surface area (Å²) < 4.78 is 24.1. The Morgan fingerprint density at radius 1 is 1.41 bits per heavy atom. The minimum Gasteiger partial charge on any atom is -0.380 e. The molecule has 0 spiro atoms. The molecule has 1 heterocycles. The minimum absolute atomic E-state index is 0.0171. The zero-order valence-electron chi connectivity index (χ0n) is 9.12. The van der Waals surface area contributed by atoms with E-state index in [1.165, 1.54) is 0 Å². The molecule has 1 N–H and O–H groups in total. The lowest BCUT2D eigenvalue weighted by Crippen LogP contribution is -2.35. The van der Waals surface area contributed by atoms with Crippen LogP contribution in [0.5, 0.6) is 0 Å². The first-order valence-electron chi connectivity index (χ1n) is 5.38. The van der Waals surface area contributed by atoms with Gasteiger partial charge in [-0.1, -0.05) is 11.6 Å². The molecule has 0 aliphatic carbocycles. The molecule has 1 aromatic rings. The van der Waals surface area contributed by atoms with Gasteiger partial charge in [-0.2, -0.15) is 0 Å². The molecule has 3 nitrogen and oxygen atoms in total. The van der Waals surface area contributed by atoms with Crippen molar-refractivity contribution in [2.75, 3.05) is 16.8 Å². The molecule has 6 heteroatoms. The molecule has 1 unspecified atom stereocenters. The quantitative estimate of drug-likeness (QED) is 0.796. The molecule has 1 fully saturated rings. The van der Waals surface area contributed by atoms with Crippen LogP contribution in [0.4, 0.5) is 5.69 Å². The van der Waals surface area contributed by atoms with Crippen molar-refractivity contribution in [2.45, 2.75) is 18.9 Å². The van der Waals surface area contributed by atoms with Gasteiger partial charge in [0.25, 0.3) is 0 Å². The van der Waals surface area contributed by atoms with Gasteiger partial charge in [-0.25, -0.2) is 8.42 Å². The molecule has 0 amide bonds. The van der Waals surface area contributed by atoms with Gasteiger partial charge in [-0.3, -0.25) is 0 Å². The van der Waals surface area contributed by atoms with Crippen molar-refractivity contribution in [3.8, 4) is 0 Å². The fourth-order valence-corrected chi connectivity index (χ4v) is 4.63. The standard InChI is InChI=1S/C11H13ClINO2S/c12-8-3-4-11(10(13)6-8)14-9-2-1-5-17(15,16)7-9/h3-4,6,9,14H,1-2,5,7H2. The average molecular weight is 386 g/mol. The van der Waals surface area contributed by atoms with Crippen LogP contribution in [0, 0.1) is 3.57 Å². The molecule has 0 radical (unpaired) electrons. The normalized spacial score (nSPS) is 23.3. The third kappa shape index (κ3) is 3.72. The van der Waals surface area contributed by atoms with E-state index in [1.807, 2.05) is 18.2 Å². The van der Waals surface area contributed by atoms with Gasteiger partial charge in [0, 0.05) is 20.3 Å². The molecule has 94 valence electrons. The van der Waals surface area contributed by atoms with E-state index in [0.29, 0.717) is 10.8 Å². The Labute approximate surface area is 120 Å². The summed E-state index contributed by atoms with van der Waals surface area (Å²) in [5.74, 6) is 0.550. The Morgan fingerprint density at radius 2 is 2.18 bits per heavy atom. The summed E-state index contributed by atoms with van der Waals surface area (Å²) in [6.45, 7) is 0. The lowest BCUT2D eigenvalue weighted by atomic mass is 10.2. The number of nitrogens with one attached hydrogen (secondary N) is 1. The van der Waals surface area contributed by atoms with Crippen LogP contribution in [-0.4, -0.2) is 26.0 Å². The van der Waals surface area contributed by atoms with Gasteiger partial charge >= 0.3 is 0 Å². The first kappa shape index (κ1) is 13.4. The van der Waals surface area contributed by atoms with Crippen LogP contribution in [0.25, 0.3) is 0 Å². The number of sulfone groups is 1. The lowest BCUT2D eigenvalue weighted by Gasteiger charge is -2.24. The number of halogens is 2. The zero-order valence-corrected chi connectivity index (χ0v) is 12.8. The van der Waals surface area contributed by atoms with Gasteiger partial charge < -0.3 is 5.32 Å². The van der Waals surface area contributed by atoms with Gasteiger partial charge in [0.2, 0.25) is 0 Å². The maximum atomic E-state index is 11.5. The number of anilines is 1. The van der Waals surface area contributed by atoms with E-state index in [9.17, 15) is 8.42 Å². The first-order chi connectivity index (χ1) is 7.96. The highest BCUT2D eigenvalue weighted by atomic mass is 127. The minimum atomic E-state index is -2.86. The van der Waals surface area contributed by atoms with E-state index >= 15 is 0 Å². The van der Waals surface area contributed by atoms with Crippen LogP contribution < -0.4 is 5.32 Å². The third-order valence-corrected chi connectivity index (χ3v) is 5.70. The number of hydrogen-bond acceptors (Lipinski definition) is 3. The predicted octanol–water partition coefficient (Wildman–Crippen LogP) is 2.93. The Kier molecular flexibility index (Phi) is 4.20. The monoisotopic (exact) mass is 385 g/mol. The summed E-state index contributed by atoms with van der Waals surface area (Å²) in [4.78, 5) is 0. The Morgan fingerprint density at radius 3 is 2.82 bits per heavy atom. The zero-order chi connectivity index (χ0) is 12.5. The second-order valence-corrected chi connectivity index (χ2v) is 8.05. The van der Waals surface area contributed by atoms with Crippen LogP contribution >= 0.6 is 34.2 Å². The summed E-state index contributed by atoms with van der Waals surface area (Å²) in [6.07, 6.45) is 1.64. The van der Waals surface area contributed by atoms with Crippen LogP contribution in [0.3, 0.4) is 0 Å². The molecule has 1 aliphatic rings. The second-order valence-electron chi connectivity index (χ2n) is 4.22. The van der Waals surface area contributed by atoms with E-state index in [-0.39, 0.29) is 11.8 Å². The highest BCUT2D eigenvalue weighted by Crippen LogP contribution is 2.25. The van der Waals surface area contributed by atoms with Gasteiger partial charge in [0.05, 0.1) is 11.5 Å². The summed E-state index contributed by atoms with van der Waals surface area (Å²) in [5.41, 5.74) is 0.956. The largest absolute Gasteiger partial charge is 0.380 e. The highest BCUT2D eigenvalue weighted by Gasteiger charge is 2.24. The lowest BCUT2D eigenvalue weighted by molar-refractivity contribution is 0.562. The summed E-state index contributed by atoms with van der Waals surface area (Å²) in [6, 6.07) is 5.58. The molecule has 17 heavy (non-hydrogen) atoms. The first-order valence-corrected chi connectivity index (χ1v) is 8.66. The van der Waals surface area contributed by atoms with E-state index in [4.69, 9.17) is 11.6 Å². The van der Waals surface area contributed by atoms with E-state index < -0.39 is 9.84 Å². The molecular weight excluding hydrogens is 373 g/mol. The molecule has 1 atom stereocenters.